The van der Waals surface area contributed by atoms with E-state index in [1.807, 2.05) is 11.1 Å². The molecule has 0 aliphatic carbocycles. The normalized spacial score (nSPS) is 17.5. The molecule has 21 heavy (non-hydrogen) atoms. The number of rotatable bonds is 6. The molecule has 0 saturated carbocycles. The maximum Gasteiger partial charge on any atom is 0.222 e. The van der Waals surface area contributed by atoms with E-state index in [1.54, 1.807) is 0 Å². The average molecular weight is 292 g/mol. The molecule has 1 saturated heterocycles. The number of carbonyl (C=O) groups is 1. The Hall–Kier alpha value is -1.36. The van der Waals surface area contributed by atoms with E-state index in [0.717, 1.165) is 39.0 Å². The number of hydrogen-bond acceptors (Lipinski definition) is 3. The second-order valence-electron chi connectivity index (χ2n) is 7.20. The smallest absolute Gasteiger partial charge is 0.222 e. The molecule has 0 unspecified atom stereocenters. The van der Waals surface area contributed by atoms with Gasteiger partial charge >= 0.3 is 0 Å². The van der Waals surface area contributed by atoms with E-state index in [1.165, 1.54) is 11.3 Å². The number of aromatic nitrogens is 2. The first-order valence-corrected chi connectivity index (χ1v) is 7.89. The lowest BCUT2D eigenvalue weighted by Crippen LogP contribution is -2.34. The maximum atomic E-state index is 11.6. The summed E-state index contributed by atoms with van der Waals surface area (Å²) in [7, 11) is 0. The zero-order valence-electron chi connectivity index (χ0n) is 13.7. The Balaban J connectivity index is 1.76. The van der Waals surface area contributed by atoms with E-state index in [9.17, 15) is 4.79 Å². The number of nitrogens with zero attached hydrogens (tertiary/aromatic N) is 2. The lowest BCUT2D eigenvalue weighted by molar-refractivity contribution is -0.128. The standard InChI is InChI=1S/C16H28N4O/c1-12(11-20-7-5-6-14(20)21)8-17-9-13-10-18-19-15(13)16(2,3)4/h10,12,17H,5-9,11H2,1-4H3,(H,18,19)/t12-/m0/s1. The van der Waals surface area contributed by atoms with Crippen LogP contribution in [0.25, 0.3) is 0 Å². The fourth-order valence-corrected chi connectivity index (χ4v) is 2.89. The van der Waals surface area contributed by atoms with Gasteiger partial charge in [-0.25, -0.2) is 0 Å². The van der Waals surface area contributed by atoms with Crippen molar-refractivity contribution in [2.24, 2.45) is 5.92 Å². The highest BCUT2D eigenvalue weighted by molar-refractivity contribution is 5.78. The summed E-state index contributed by atoms with van der Waals surface area (Å²) in [5.41, 5.74) is 2.51. The second-order valence-corrected chi connectivity index (χ2v) is 7.20. The minimum atomic E-state index is 0.0844. The van der Waals surface area contributed by atoms with Crippen molar-refractivity contribution in [2.75, 3.05) is 19.6 Å². The summed E-state index contributed by atoms with van der Waals surface area (Å²) in [5, 5.41) is 10.8. The van der Waals surface area contributed by atoms with E-state index >= 15 is 0 Å². The van der Waals surface area contributed by atoms with Gasteiger partial charge in [-0.1, -0.05) is 27.7 Å². The third-order valence-electron chi connectivity index (χ3n) is 3.98. The Kier molecular flexibility index (Phi) is 5.04. The van der Waals surface area contributed by atoms with Gasteiger partial charge in [-0.3, -0.25) is 9.89 Å². The van der Waals surface area contributed by atoms with Gasteiger partial charge in [0.1, 0.15) is 0 Å². The first-order valence-electron chi connectivity index (χ1n) is 7.89. The lowest BCUT2D eigenvalue weighted by atomic mass is 9.89. The average Bonchev–Trinajstić information content (AvgIpc) is 2.99. The van der Waals surface area contributed by atoms with Crippen LogP contribution < -0.4 is 5.32 Å². The molecule has 1 fully saturated rings. The summed E-state index contributed by atoms with van der Waals surface area (Å²) in [5.74, 6) is 0.781. The lowest BCUT2D eigenvalue weighted by Gasteiger charge is -2.22. The molecule has 0 radical (unpaired) electrons. The SMILES string of the molecule is C[C@@H](CNCc1cn[nH]c1C(C)(C)C)CN1CCCC1=O. The third-order valence-corrected chi connectivity index (χ3v) is 3.98. The van der Waals surface area contributed by atoms with Gasteiger partial charge in [0.2, 0.25) is 5.91 Å². The van der Waals surface area contributed by atoms with Gasteiger partial charge < -0.3 is 10.2 Å². The highest BCUT2D eigenvalue weighted by atomic mass is 16.2. The summed E-state index contributed by atoms with van der Waals surface area (Å²) >= 11 is 0. The molecule has 1 atom stereocenters. The number of amides is 1. The van der Waals surface area contributed by atoms with Gasteiger partial charge in [0.15, 0.2) is 0 Å². The Morgan fingerprint density at radius 1 is 1.48 bits per heavy atom. The Morgan fingerprint density at radius 2 is 2.24 bits per heavy atom. The molecule has 2 rings (SSSR count). The van der Waals surface area contributed by atoms with Crippen LogP contribution in [0.3, 0.4) is 0 Å². The van der Waals surface area contributed by atoms with Crippen LogP contribution in [0.15, 0.2) is 6.20 Å². The molecule has 118 valence electrons. The molecular formula is C16H28N4O. The minimum Gasteiger partial charge on any atom is -0.342 e. The zero-order chi connectivity index (χ0) is 15.5. The van der Waals surface area contributed by atoms with Gasteiger partial charge in [-0.2, -0.15) is 5.10 Å². The van der Waals surface area contributed by atoms with Crippen molar-refractivity contribution in [1.82, 2.24) is 20.4 Å². The van der Waals surface area contributed by atoms with Crippen molar-refractivity contribution in [3.8, 4) is 0 Å². The molecule has 0 aromatic carbocycles. The molecule has 2 heterocycles. The predicted molar refractivity (Wildman–Crippen MR) is 84.0 cm³/mol. The van der Waals surface area contributed by atoms with Crippen molar-refractivity contribution in [1.29, 1.82) is 0 Å². The van der Waals surface area contributed by atoms with Crippen molar-refractivity contribution < 1.29 is 4.79 Å². The van der Waals surface area contributed by atoms with Crippen molar-refractivity contribution in [3.05, 3.63) is 17.5 Å². The highest BCUT2D eigenvalue weighted by Crippen LogP contribution is 2.23. The first-order chi connectivity index (χ1) is 9.88. The van der Waals surface area contributed by atoms with Crippen LogP contribution in [-0.4, -0.2) is 40.6 Å². The molecule has 5 nitrogen and oxygen atoms in total. The van der Waals surface area contributed by atoms with E-state index < -0.39 is 0 Å². The van der Waals surface area contributed by atoms with Crippen molar-refractivity contribution in [3.63, 3.8) is 0 Å². The Morgan fingerprint density at radius 3 is 2.86 bits per heavy atom. The van der Waals surface area contributed by atoms with Crippen molar-refractivity contribution in [2.45, 2.75) is 52.5 Å². The molecule has 0 bridgehead atoms. The molecule has 5 heteroatoms. The van der Waals surface area contributed by atoms with Gasteiger partial charge in [-0.05, 0) is 18.9 Å². The van der Waals surface area contributed by atoms with Crippen LogP contribution in [0, 0.1) is 5.92 Å². The summed E-state index contributed by atoms with van der Waals surface area (Å²) in [6.45, 7) is 12.3. The van der Waals surface area contributed by atoms with Gasteiger partial charge in [0.05, 0.1) is 6.20 Å². The van der Waals surface area contributed by atoms with Crippen LogP contribution in [0.4, 0.5) is 0 Å². The highest BCUT2D eigenvalue weighted by Gasteiger charge is 2.22. The predicted octanol–water partition coefficient (Wildman–Crippen LogP) is 2.06. The summed E-state index contributed by atoms with van der Waals surface area (Å²) in [4.78, 5) is 13.6. The van der Waals surface area contributed by atoms with E-state index in [0.29, 0.717) is 11.8 Å². The molecule has 0 spiro atoms. The molecule has 1 amide bonds. The van der Waals surface area contributed by atoms with Gasteiger partial charge in [0, 0.05) is 42.7 Å². The zero-order valence-corrected chi connectivity index (χ0v) is 13.7. The molecule has 1 aromatic rings. The fraction of sp³-hybridized carbons (Fsp3) is 0.750. The fourth-order valence-electron chi connectivity index (χ4n) is 2.89. The molecule has 2 N–H and O–H groups in total. The number of carbonyl (C=O) groups excluding carboxylic acids is 1. The van der Waals surface area contributed by atoms with Gasteiger partial charge in [0.25, 0.3) is 0 Å². The topological polar surface area (TPSA) is 61.0 Å². The maximum absolute atomic E-state index is 11.6. The van der Waals surface area contributed by atoms with Crippen LogP contribution in [-0.2, 0) is 16.8 Å². The number of nitrogens with one attached hydrogen (secondary N) is 2. The van der Waals surface area contributed by atoms with Crippen molar-refractivity contribution >= 4 is 5.91 Å². The first kappa shape index (κ1) is 16.0. The number of aromatic amines is 1. The summed E-state index contributed by atoms with van der Waals surface area (Å²) in [6, 6.07) is 0. The second kappa shape index (κ2) is 6.60. The third kappa shape index (κ3) is 4.30. The number of hydrogen-bond donors (Lipinski definition) is 2. The molecular weight excluding hydrogens is 264 g/mol. The Labute approximate surface area is 127 Å². The van der Waals surface area contributed by atoms with Crippen LogP contribution in [0.2, 0.25) is 0 Å². The monoisotopic (exact) mass is 292 g/mol. The summed E-state index contributed by atoms with van der Waals surface area (Å²) in [6.07, 6.45) is 3.65. The van der Waals surface area contributed by atoms with Crippen LogP contribution in [0.1, 0.15) is 51.8 Å². The largest absolute Gasteiger partial charge is 0.342 e. The quantitative estimate of drug-likeness (QED) is 0.843. The van der Waals surface area contributed by atoms with E-state index in [4.69, 9.17) is 0 Å². The summed E-state index contributed by atoms with van der Waals surface area (Å²) < 4.78 is 0. The van der Waals surface area contributed by atoms with Gasteiger partial charge in [-0.15, -0.1) is 0 Å². The Bertz CT molecular complexity index is 475. The molecule has 1 aromatic heterocycles. The van der Waals surface area contributed by atoms with E-state index in [-0.39, 0.29) is 5.41 Å². The molecule has 1 aliphatic rings. The minimum absolute atomic E-state index is 0.0844. The number of H-pyrrole nitrogens is 1. The number of likely N-dealkylation sites (tertiary alicyclic amines) is 1. The van der Waals surface area contributed by atoms with E-state index in [2.05, 4.69) is 43.2 Å². The molecule has 1 aliphatic heterocycles. The van der Waals surface area contributed by atoms with Crippen LogP contribution >= 0.6 is 0 Å². The van der Waals surface area contributed by atoms with Crippen LogP contribution in [0.5, 0.6) is 0 Å².